The van der Waals surface area contributed by atoms with Crippen molar-refractivity contribution in [1.29, 1.82) is 0 Å². The fourth-order valence-electron chi connectivity index (χ4n) is 1.54. The molecule has 21 heavy (non-hydrogen) atoms. The van der Waals surface area contributed by atoms with Crippen LogP contribution in [0.4, 0.5) is 13.2 Å². The van der Waals surface area contributed by atoms with Gasteiger partial charge >= 0.3 is 15.5 Å². The maximum atomic E-state index is 12.3. The van der Waals surface area contributed by atoms with Crippen LogP contribution in [0, 0.1) is 0 Å². The molecule has 0 heterocycles. The molecule has 0 spiro atoms. The molecule has 0 radical (unpaired) electrons. The number of rotatable bonds is 4. The van der Waals surface area contributed by atoms with Crippen molar-refractivity contribution in [3.8, 4) is 0 Å². The van der Waals surface area contributed by atoms with Gasteiger partial charge in [-0.05, 0) is 25.0 Å². The van der Waals surface area contributed by atoms with Crippen LogP contribution >= 0.6 is 0 Å². The molecule has 114 valence electrons. The van der Waals surface area contributed by atoms with Gasteiger partial charge in [0.2, 0.25) is 0 Å². The van der Waals surface area contributed by atoms with Gasteiger partial charge in [-0.3, -0.25) is 0 Å². The molecule has 0 unspecified atom stereocenters. The molecular formula is C14H14F3NO2S. The fraction of sp³-hybridized carbons (Fsp3) is 0.214. The number of halogens is 3. The van der Waals surface area contributed by atoms with Gasteiger partial charge in [-0.2, -0.15) is 26.0 Å². The van der Waals surface area contributed by atoms with Gasteiger partial charge in [0.15, 0.2) is 0 Å². The minimum atomic E-state index is -5.54. The molecular weight excluding hydrogens is 303 g/mol. The van der Waals surface area contributed by atoms with Gasteiger partial charge < -0.3 is 0 Å². The molecule has 1 rings (SSSR count). The predicted octanol–water partition coefficient (Wildman–Crippen LogP) is 3.96. The summed E-state index contributed by atoms with van der Waals surface area (Å²) in [7, 11) is -5.54. The summed E-state index contributed by atoms with van der Waals surface area (Å²) in [5.41, 5.74) is -3.92. The van der Waals surface area contributed by atoms with Gasteiger partial charge in [0.05, 0.1) is 0 Å². The summed E-state index contributed by atoms with van der Waals surface area (Å²) in [6.07, 6.45) is 4.09. The molecule has 0 amide bonds. The van der Waals surface area contributed by atoms with Crippen LogP contribution < -0.4 is 0 Å². The smallest absolute Gasteiger partial charge is 0.195 e. The van der Waals surface area contributed by atoms with Crippen LogP contribution in [0.1, 0.15) is 19.4 Å². The number of hydrogen-bond donors (Lipinski definition) is 0. The first-order valence-electron chi connectivity index (χ1n) is 5.94. The SMILES string of the molecule is C/C=C/C(C)=C(/C=N/S(=O)(=O)C(F)(F)F)c1ccccc1. The van der Waals surface area contributed by atoms with E-state index in [4.69, 9.17) is 0 Å². The fourth-order valence-corrected chi connectivity index (χ4v) is 1.91. The lowest BCUT2D eigenvalue weighted by atomic mass is 10.0. The van der Waals surface area contributed by atoms with Gasteiger partial charge in [0, 0.05) is 11.8 Å². The van der Waals surface area contributed by atoms with Crippen molar-refractivity contribution in [3.05, 3.63) is 53.6 Å². The average Bonchev–Trinajstić information content (AvgIpc) is 2.39. The molecule has 0 bridgehead atoms. The number of allylic oxidation sites excluding steroid dienone is 4. The van der Waals surface area contributed by atoms with E-state index in [1.54, 1.807) is 56.3 Å². The summed E-state index contributed by atoms with van der Waals surface area (Å²) in [5, 5.41) is 0. The summed E-state index contributed by atoms with van der Waals surface area (Å²) in [6, 6.07) is 8.47. The number of nitrogens with zero attached hydrogens (tertiary/aromatic N) is 1. The number of hydrogen-bond acceptors (Lipinski definition) is 2. The maximum absolute atomic E-state index is 12.3. The largest absolute Gasteiger partial charge is 0.518 e. The summed E-state index contributed by atoms with van der Waals surface area (Å²) in [6.45, 7) is 3.41. The first-order chi connectivity index (χ1) is 9.69. The Bertz CT molecular complexity index is 672. The zero-order valence-corrected chi connectivity index (χ0v) is 12.2. The summed E-state index contributed by atoms with van der Waals surface area (Å²) in [5.74, 6) is 0. The van der Waals surface area contributed by atoms with Gasteiger partial charge in [-0.1, -0.05) is 42.5 Å². The third kappa shape index (κ3) is 4.56. The molecule has 0 aliphatic carbocycles. The molecule has 0 aliphatic rings. The number of sulfonamides is 1. The van der Waals surface area contributed by atoms with E-state index in [9.17, 15) is 21.6 Å². The molecule has 7 heteroatoms. The van der Waals surface area contributed by atoms with E-state index in [2.05, 4.69) is 4.40 Å². The van der Waals surface area contributed by atoms with Gasteiger partial charge in [0.25, 0.3) is 0 Å². The van der Waals surface area contributed by atoms with Crippen LogP contribution in [-0.4, -0.2) is 20.1 Å². The van der Waals surface area contributed by atoms with Crippen molar-refractivity contribution in [1.82, 2.24) is 0 Å². The first-order valence-corrected chi connectivity index (χ1v) is 7.38. The van der Waals surface area contributed by atoms with Gasteiger partial charge in [-0.15, -0.1) is 0 Å². The lowest BCUT2D eigenvalue weighted by Gasteiger charge is -2.06. The van der Waals surface area contributed by atoms with Crippen molar-refractivity contribution in [2.24, 2.45) is 4.40 Å². The van der Waals surface area contributed by atoms with Crippen molar-refractivity contribution in [2.45, 2.75) is 19.4 Å². The lowest BCUT2D eigenvalue weighted by molar-refractivity contribution is -0.0435. The lowest BCUT2D eigenvalue weighted by Crippen LogP contribution is -2.20. The zero-order chi connectivity index (χ0) is 16.1. The normalized spacial score (nSPS) is 14.7. The third-order valence-electron chi connectivity index (χ3n) is 2.54. The van der Waals surface area contributed by atoms with Crippen LogP contribution in [0.5, 0.6) is 0 Å². The molecule has 1 aromatic rings. The van der Waals surface area contributed by atoms with Crippen LogP contribution in [0.3, 0.4) is 0 Å². The Morgan fingerprint density at radius 2 is 1.76 bits per heavy atom. The monoisotopic (exact) mass is 317 g/mol. The second kappa shape index (κ2) is 6.71. The topological polar surface area (TPSA) is 46.5 Å². The van der Waals surface area contributed by atoms with Crippen molar-refractivity contribution in [2.75, 3.05) is 0 Å². The quantitative estimate of drug-likeness (QED) is 0.623. The Labute approximate surface area is 121 Å². The molecule has 0 saturated heterocycles. The van der Waals surface area contributed by atoms with Crippen LogP contribution in [0.15, 0.2) is 52.5 Å². The first kappa shape index (κ1) is 17.2. The summed E-state index contributed by atoms with van der Waals surface area (Å²) in [4.78, 5) is 0. The Hall–Kier alpha value is -1.89. The molecule has 3 nitrogen and oxygen atoms in total. The minimum absolute atomic E-state index is 0.307. The molecule has 0 N–H and O–H groups in total. The second-order valence-corrected chi connectivity index (χ2v) is 5.74. The Kier molecular flexibility index (Phi) is 5.48. The van der Waals surface area contributed by atoms with Gasteiger partial charge in [-0.25, -0.2) is 0 Å². The highest BCUT2D eigenvalue weighted by Gasteiger charge is 2.45. The highest BCUT2D eigenvalue weighted by molar-refractivity contribution is 7.91. The standard InChI is InChI=1S/C14H14F3NO2S/c1-3-7-11(2)13(12-8-5-4-6-9-12)10-18-21(19,20)14(15,16)17/h3-10H,1-2H3/b7-3+,13-11-,18-10+. The van der Waals surface area contributed by atoms with Gasteiger partial charge in [0.1, 0.15) is 0 Å². The van der Waals surface area contributed by atoms with Crippen LogP contribution in [0.25, 0.3) is 5.57 Å². The van der Waals surface area contributed by atoms with E-state index >= 15 is 0 Å². The van der Waals surface area contributed by atoms with E-state index in [1.807, 2.05) is 0 Å². The second-order valence-electron chi connectivity index (χ2n) is 4.12. The van der Waals surface area contributed by atoms with Crippen LogP contribution in [0.2, 0.25) is 0 Å². The zero-order valence-electron chi connectivity index (χ0n) is 11.4. The van der Waals surface area contributed by atoms with Crippen molar-refractivity contribution >= 4 is 21.8 Å². The molecule has 0 fully saturated rings. The molecule has 1 aromatic carbocycles. The average molecular weight is 317 g/mol. The molecule has 0 atom stereocenters. The number of alkyl halides is 3. The maximum Gasteiger partial charge on any atom is 0.518 e. The summed E-state index contributed by atoms with van der Waals surface area (Å²) < 4.78 is 61.7. The Morgan fingerprint density at radius 3 is 2.24 bits per heavy atom. The Morgan fingerprint density at radius 1 is 1.19 bits per heavy atom. The van der Waals surface area contributed by atoms with Crippen molar-refractivity contribution in [3.63, 3.8) is 0 Å². The Balaban J connectivity index is 3.34. The van der Waals surface area contributed by atoms with E-state index in [1.165, 1.54) is 0 Å². The predicted molar refractivity (Wildman–Crippen MR) is 77.3 cm³/mol. The molecule has 0 aromatic heterocycles. The molecule has 0 saturated carbocycles. The number of benzene rings is 1. The van der Waals surface area contributed by atoms with E-state index < -0.39 is 15.5 Å². The van der Waals surface area contributed by atoms with E-state index in [-0.39, 0.29) is 0 Å². The van der Waals surface area contributed by atoms with Crippen molar-refractivity contribution < 1.29 is 21.6 Å². The van der Waals surface area contributed by atoms with E-state index in [0.717, 1.165) is 6.21 Å². The third-order valence-corrected chi connectivity index (χ3v) is 3.51. The molecule has 0 aliphatic heterocycles. The van der Waals surface area contributed by atoms with E-state index in [0.29, 0.717) is 16.7 Å². The van der Waals surface area contributed by atoms with Crippen LogP contribution in [-0.2, 0) is 10.0 Å². The highest BCUT2D eigenvalue weighted by atomic mass is 32.2. The minimum Gasteiger partial charge on any atom is -0.195 e. The summed E-state index contributed by atoms with van der Waals surface area (Å²) >= 11 is 0. The highest BCUT2D eigenvalue weighted by Crippen LogP contribution is 2.25.